The quantitative estimate of drug-likeness (QED) is 0.415. The summed E-state index contributed by atoms with van der Waals surface area (Å²) in [6.07, 6.45) is 1.77. The number of benzene rings is 2. The van der Waals surface area contributed by atoms with Gasteiger partial charge in [0.05, 0.1) is 22.6 Å². The minimum absolute atomic E-state index is 0.486. The molecule has 0 amide bonds. The number of hydrogen-bond acceptors (Lipinski definition) is 4. The second-order valence-corrected chi connectivity index (χ2v) is 7.00. The summed E-state index contributed by atoms with van der Waals surface area (Å²) in [7, 11) is 0. The monoisotopic (exact) mass is 397 g/mol. The Morgan fingerprint density at radius 1 is 0.724 bits per heavy atom. The van der Waals surface area contributed by atoms with E-state index < -0.39 is 0 Å². The molecule has 0 aliphatic carbocycles. The molecule has 6 heteroatoms. The maximum absolute atomic E-state index is 6.88. The SMILES string of the molecule is Clc1c(-c2ccccc2)nnc2c1c(-c1ccccc1)nn2Cc1ccccn1. The van der Waals surface area contributed by atoms with Gasteiger partial charge in [0.1, 0.15) is 11.4 Å². The number of pyridine rings is 1. The van der Waals surface area contributed by atoms with E-state index in [0.29, 0.717) is 22.9 Å². The molecule has 0 bridgehead atoms. The van der Waals surface area contributed by atoms with E-state index in [2.05, 4.69) is 15.2 Å². The zero-order chi connectivity index (χ0) is 19.6. The van der Waals surface area contributed by atoms with Crippen LogP contribution in [0.25, 0.3) is 33.5 Å². The molecule has 29 heavy (non-hydrogen) atoms. The summed E-state index contributed by atoms with van der Waals surface area (Å²) in [5.41, 5.74) is 4.86. The van der Waals surface area contributed by atoms with Gasteiger partial charge in [0.25, 0.3) is 0 Å². The molecule has 0 saturated heterocycles. The van der Waals surface area contributed by atoms with Crippen LogP contribution in [0.1, 0.15) is 5.69 Å². The predicted molar refractivity (Wildman–Crippen MR) is 115 cm³/mol. The molecule has 0 aliphatic rings. The van der Waals surface area contributed by atoms with Crippen molar-refractivity contribution in [1.29, 1.82) is 0 Å². The lowest BCUT2D eigenvalue weighted by molar-refractivity contribution is 0.687. The third kappa shape index (κ3) is 3.26. The molecule has 0 radical (unpaired) electrons. The number of halogens is 1. The maximum atomic E-state index is 6.88. The Bertz CT molecular complexity index is 1270. The van der Waals surface area contributed by atoms with E-state index in [9.17, 15) is 0 Å². The Morgan fingerprint density at radius 3 is 2.03 bits per heavy atom. The predicted octanol–water partition coefficient (Wildman–Crippen LogP) is 5.26. The molecule has 5 rings (SSSR count). The van der Waals surface area contributed by atoms with Crippen molar-refractivity contribution in [3.63, 3.8) is 0 Å². The molecule has 0 unspecified atom stereocenters. The Balaban J connectivity index is 1.75. The second kappa shape index (κ2) is 7.45. The highest BCUT2D eigenvalue weighted by atomic mass is 35.5. The molecule has 3 heterocycles. The van der Waals surface area contributed by atoms with Gasteiger partial charge in [-0.2, -0.15) is 5.10 Å². The van der Waals surface area contributed by atoms with Crippen LogP contribution in [0.3, 0.4) is 0 Å². The largest absolute Gasteiger partial charge is 0.259 e. The van der Waals surface area contributed by atoms with E-state index in [1.165, 1.54) is 0 Å². The van der Waals surface area contributed by atoms with E-state index in [1.54, 1.807) is 6.20 Å². The van der Waals surface area contributed by atoms with Crippen molar-refractivity contribution >= 4 is 22.6 Å². The minimum atomic E-state index is 0.486. The van der Waals surface area contributed by atoms with Gasteiger partial charge < -0.3 is 0 Å². The minimum Gasteiger partial charge on any atom is -0.259 e. The first-order chi connectivity index (χ1) is 14.3. The molecule has 140 valence electrons. The van der Waals surface area contributed by atoms with Gasteiger partial charge in [-0.3, -0.25) is 4.98 Å². The van der Waals surface area contributed by atoms with Crippen LogP contribution in [0.5, 0.6) is 0 Å². The average Bonchev–Trinajstić information content (AvgIpc) is 3.15. The average molecular weight is 398 g/mol. The van der Waals surface area contributed by atoms with Crippen molar-refractivity contribution in [2.45, 2.75) is 6.54 Å². The summed E-state index contributed by atoms with van der Waals surface area (Å²) in [5.74, 6) is 0. The van der Waals surface area contributed by atoms with E-state index >= 15 is 0 Å². The normalized spacial score (nSPS) is 11.1. The fourth-order valence-corrected chi connectivity index (χ4v) is 3.67. The highest BCUT2D eigenvalue weighted by Crippen LogP contribution is 2.37. The summed E-state index contributed by atoms with van der Waals surface area (Å²) in [6.45, 7) is 0.486. The second-order valence-electron chi connectivity index (χ2n) is 6.62. The summed E-state index contributed by atoms with van der Waals surface area (Å²) in [4.78, 5) is 4.41. The molecule has 0 saturated carbocycles. The number of rotatable bonds is 4. The number of hydrogen-bond donors (Lipinski definition) is 0. The standard InChI is InChI=1S/C23H16ClN5/c24-20-19-21(16-9-3-1-4-10-16)28-29(15-18-13-7-8-14-25-18)23(19)27-26-22(20)17-11-5-2-6-12-17/h1-14H,15H2. The summed E-state index contributed by atoms with van der Waals surface area (Å²) >= 11 is 6.88. The van der Waals surface area contributed by atoms with Crippen molar-refractivity contribution in [3.8, 4) is 22.5 Å². The van der Waals surface area contributed by atoms with Gasteiger partial charge >= 0.3 is 0 Å². The van der Waals surface area contributed by atoms with Crippen molar-refractivity contribution in [2.24, 2.45) is 0 Å². The third-order valence-corrected chi connectivity index (χ3v) is 5.10. The first-order valence-corrected chi connectivity index (χ1v) is 9.62. The first kappa shape index (κ1) is 17.5. The third-order valence-electron chi connectivity index (χ3n) is 4.73. The summed E-state index contributed by atoms with van der Waals surface area (Å²) in [6, 6.07) is 25.6. The van der Waals surface area contributed by atoms with E-state index in [1.807, 2.05) is 83.5 Å². The molecule has 2 aromatic carbocycles. The van der Waals surface area contributed by atoms with Gasteiger partial charge in [0.15, 0.2) is 5.65 Å². The van der Waals surface area contributed by atoms with Gasteiger partial charge in [-0.1, -0.05) is 78.3 Å². The Hall–Kier alpha value is -3.57. The number of fused-ring (bicyclic) bond motifs is 1. The lowest BCUT2D eigenvalue weighted by Gasteiger charge is -2.05. The van der Waals surface area contributed by atoms with Crippen LogP contribution < -0.4 is 0 Å². The van der Waals surface area contributed by atoms with E-state index in [-0.39, 0.29) is 0 Å². The van der Waals surface area contributed by atoms with Crippen molar-refractivity contribution in [2.75, 3.05) is 0 Å². The van der Waals surface area contributed by atoms with Crippen LogP contribution in [-0.2, 0) is 6.54 Å². The molecule has 5 nitrogen and oxygen atoms in total. The smallest absolute Gasteiger partial charge is 0.182 e. The fourth-order valence-electron chi connectivity index (χ4n) is 3.35. The summed E-state index contributed by atoms with van der Waals surface area (Å²) in [5, 5.41) is 15.1. The van der Waals surface area contributed by atoms with Crippen LogP contribution in [0, 0.1) is 0 Å². The van der Waals surface area contributed by atoms with Gasteiger partial charge in [0.2, 0.25) is 0 Å². The van der Waals surface area contributed by atoms with Gasteiger partial charge in [-0.05, 0) is 12.1 Å². The fraction of sp³-hybridized carbons (Fsp3) is 0.0435. The molecular formula is C23H16ClN5. The van der Waals surface area contributed by atoms with Crippen molar-refractivity contribution in [1.82, 2.24) is 25.0 Å². The zero-order valence-corrected chi connectivity index (χ0v) is 16.2. The van der Waals surface area contributed by atoms with Crippen LogP contribution >= 0.6 is 11.6 Å². The molecule has 0 fully saturated rings. The first-order valence-electron chi connectivity index (χ1n) is 9.25. The maximum Gasteiger partial charge on any atom is 0.182 e. The molecular weight excluding hydrogens is 382 g/mol. The van der Waals surface area contributed by atoms with Gasteiger partial charge in [-0.25, -0.2) is 4.68 Å². The molecule has 0 atom stereocenters. The molecule has 0 N–H and O–H groups in total. The van der Waals surface area contributed by atoms with E-state index in [4.69, 9.17) is 16.7 Å². The highest BCUT2D eigenvalue weighted by molar-refractivity contribution is 6.38. The molecule has 0 aliphatic heterocycles. The number of nitrogens with zero attached hydrogens (tertiary/aromatic N) is 5. The van der Waals surface area contributed by atoms with Crippen LogP contribution in [0.2, 0.25) is 5.02 Å². The lowest BCUT2D eigenvalue weighted by atomic mass is 10.1. The highest BCUT2D eigenvalue weighted by Gasteiger charge is 2.21. The molecule has 3 aromatic heterocycles. The summed E-state index contributed by atoms with van der Waals surface area (Å²) < 4.78 is 1.81. The van der Waals surface area contributed by atoms with E-state index in [0.717, 1.165) is 27.9 Å². The molecule has 0 spiro atoms. The van der Waals surface area contributed by atoms with Crippen LogP contribution in [0.4, 0.5) is 0 Å². The van der Waals surface area contributed by atoms with Crippen LogP contribution in [0.15, 0.2) is 85.1 Å². The Kier molecular flexibility index (Phi) is 4.50. The topological polar surface area (TPSA) is 56.5 Å². The lowest BCUT2D eigenvalue weighted by Crippen LogP contribution is -2.05. The zero-order valence-electron chi connectivity index (χ0n) is 15.4. The molecule has 5 aromatic rings. The van der Waals surface area contributed by atoms with Crippen molar-refractivity contribution < 1.29 is 0 Å². The number of aromatic nitrogens is 5. The van der Waals surface area contributed by atoms with Gasteiger partial charge in [0, 0.05) is 17.3 Å². The van der Waals surface area contributed by atoms with Gasteiger partial charge in [-0.15, -0.1) is 10.2 Å². The Morgan fingerprint density at radius 2 is 1.38 bits per heavy atom. The van der Waals surface area contributed by atoms with Crippen molar-refractivity contribution in [3.05, 3.63) is 95.8 Å². The Labute approximate surface area is 172 Å². The van der Waals surface area contributed by atoms with Crippen LogP contribution in [-0.4, -0.2) is 25.0 Å².